The van der Waals surface area contributed by atoms with Gasteiger partial charge in [0.25, 0.3) is 0 Å². The van der Waals surface area contributed by atoms with Crippen LogP contribution in [0.3, 0.4) is 0 Å². The molecular weight excluding hydrogens is 477 g/mol. The minimum atomic E-state index is -5.20. The quantitative estimate of drug-likeness (QED) is 0.223. The molecule has 1 aliphatic rings. The number of carboxylic acids is 1. The molecule has 2 aromatic carbocycles. The lowest BCUT2D eigenvalue weighted by atomic mass is 9.81. The Labute approximate surface area is 204 Å². The van der Waals surface area contributed by atoms with Crippen LogP contribution in [0.15, 0.2) is 70.4 Å². The van der Waals surface area contributed by atoms with Crippen LogP contribution in [0.2, 0.25) is 0 Å². The number of hydrogen-bond acceptors (Lipinski definition) is 5. The van der Waals surface area contributed by atoms with Crippen LogP contribution in [-0.2, 0) is 18.6 Å². The first kappa shape index (κ1) is 26.2. The van der Waals surface area contributed by atoms with Crippen molar-refractivity contribution in [2.45, 2.75) is 49.3 Å². The molecule has 0 aliphatic carbocycles. The number of nitrogens with zero attached hydrogens (tertiary/aromatic N) is 1. The fourth-order valence-corrected chi connectivity index (χ4v) is 7.95. The molecule has 0 fully saturated rings. The highest BCUT2D eigenvalue weighted by atomic mass is 32.3. The standard InChI is InChI=1S/C25H32FNO5S2/c1-4-6-14-25(5-2)17-27(19-10-8-7-9-11-19)22-15-20(33-3)12-13-23(22)34(30,31,18-25)32-16-21(26)24(28)29/h7-13,15-16H,4-6,14,17-18H2,1-3H3,(H,28,29)(H,30,31)/b21-16-/t25-/m0/s1. The van der Waals surface area contributed by atoms with E-state index in [4.69, 9.17) is 9.29 Å². The molecule has 1 heterocycles. The van der Waals surface area contributed by atoms with E-state index in [1.165, 1.54) is 11.8 Å². The molecule has 0 spiro atoms. The van der Waals surface area contributed by atoms with Crippen molar-refractivity contribution < 1.29 is 27.2 Å². The van der Waals surface area contributed by atoms with E-state index in [1.54, 1.807) is 12.1 Å². The van der Waals surface area contributed by atoms with Gasteiger partial charge < -0.3 is 14.2 Å². The molecule has 2 N–H and O–H groups in total. The highest BCUT2D eigenvalue weighted by molar-refractivity contribution is 8.11. The van der Waals surface area contributed by atoms with E-state index in [2.05, 4.69) is 6.92 Å². The SMILES string of the molecule is CCCC[C@@]1(CC)CN(c2ccccc2)c2cc(SC)ccc2S(=O)(O)(O/C=C(\F)C(=O)O)C1. The van der Waals surface area contributed by atoms with Gasteiger partial charge in [-0.3, -0.25) is 4.55 Å². The van der Waals surface area contributed by atoms with Gasteiger partial charge in [0.15, 0.2) is 0 Å². The van der Waals surface area contributed by atoms with E-state index >= 15 is 0 Å². The summed E-state index contributed by atoms with van der Waals surface area (Å²) in [5.41, 5.74) is 0.713. The molecule has 186 valence electrons. The lowest BCUT2D eigenvalue weighted by molar-refractivity contribution is -0.134. The minimum Gasteiger partial charge on any atom is -0.476 e. The highest BCUT2D eigenvalue weighted by Crippen LogP contribution is 2.53. The number of thioether (sulfide) groups is 1. The van der Waals surface area contributed by atoms with E-state index in [1.807, 2.05) is 54.5 Å². The van der Waals surface area contributed by atoms with Crippen molar-refractivity contribution in [1.29, 1.82) is 0 Å². The van der Waals surface area contributed by atoms with Crippen molar-refractivity contribution in [2.75, 3.05) is 23.5 Å². The summed E-state index contributed by atoms with van der Waals surface area (Å²) in [6, 6.07) is 14.7. The number of anilines is 2. The number of aliphatic carboxylic acids is 1. The number of carboxylic acid groups (broad SMARTS) is 1. The van der Waals surface area contributed by atoms with Crippen LogP contribution in [0.25, 0.3) is 0 Å². The summed E-state index contributed by atoms with van der Waals surface area (Å²) >= 11 is 1.50. The van der Waals surface area contributed by atoms with Crippen molar-refractivity contribution in [2.24, 2.45) is 5.41 Å². The third kappa shape index (κ3) is 5.31. The Hall–Kier alpha value is -2.36. The van der Waals surface area contributed by atoms with E-state index in [9.17, 15) is 17.9 Å². The van der Waals surface area contributed by atoms with Crippen LogP contribution in [0, 0.1) is 5.41 Å². The van der Waals surface area contributed by atoms with Gasteiger partial charge in [-0.25, -0.2) is 9.00 Å². The molecule has 2 aromatic rings. The molecule has 1 aliphatic heterocycles. The van der Waals surface area contributed by atoms with Crippen LogP contribution in [0.5, 0.6) is 0 Å². The number of benzene rings is 2. The molecule has 3 rings (SSSR count). The van der Waals surface area contributed by atoms with Gasteiger partial charge in [0.05, 0.1) is 16.3 Å². The zero-order valence-corrected chi connectivity index (χ0v) is 21.3. The number of halogens is 1. The summed E-state index contributed by atoms with van der Waals surface area (Å²) in [7, 11) is -5.20. The second-order valence-electron chi connectivity index (χ2n) is 8.71. The van der Waals surface area contributed by atoms with Crippen molar-refractivity contribution in [3.63, 3.8) is 0 Å². The average Bonchev–Trinajstić information content (AvgIpc) is 2.93. The normalized spacial score (nSPS) is 22.7. The molecule has 0 radical (unpaired) electrons. The zero-order valence-electron chi connectivity index (χ0n) is 19.7. The van der Waals surface area contributed by atoms with Gasteiger partial charge in [0.1, 0.15) is 15.9 Å². The Kier molecular flexibility index (Phi) is 7.79. The molecule has 34 heavy (non-hydrogen) atoms. The predicted molar refractivity (Wildman–Crippen MR) is 136 cm³/mol. The van der Waals surface area contributed by atoms with Crippen molar-refractivity contribution in [3.8, 4) is 0 Å². The van der Waals surface area contributed by atoms with Gasteiger partial charge in [-0.2, -0.15) is 4.39 Å². The second kappa shape index (κ2) is 10.1. The van der Waals surface area contributed by atoms with E-state index < -0.39 is 26.8 Å². The number of rotatable bonds is 9. The molecule has 6 nitrogen and oxygen atoms in total. The fourth-order valence-electron chi connectivity index (χ4n) is 4.47. The Balaban J connectivity index is 2.33. The maximum Gasteiger partial charge on any atom is 0.368 e. The maximum atomic E-state index is 14.6. The molecular formula is C25H32FNO5S2. The lowest BCUT2D eigenvalue weighted by Crippen LogP contribution is -2.46. The Morgan fingerprint density at radius 2 is 1.97 bits per heavy atom. The number of carbonyl (C=O) groups is 1. The Bertz CT molecular complexity index is 1140. The number of hydrogen-bond donors (Lipinski definition) is 2. The van der Waals surface area contributed by atoms with Gasteiger partial charge in [-0.05, 0) is 49.4 Å². The number of para-hydroxylation sites is 1. The van der Waals surface area contributed by atoms with Gasteiger partial charge in [0.2, 0.25) is 5.83 Å². The van der Waals surface area contributed by atoms with Crippen molar-refractivity contribution in [1.82, 2.24) is 0 Å². The summed E-state index contributed by atoms with van der Waals surface area (Å²) in [5.74, 6) is -3.76. The van der Waals surface area contributed by atoms with Crippen LogP contribution < -0.4 is 4.90 Å². The molecule has 1 atom stereocenters. The first-order valence-corrected chi connectivity index (χ1v) is 14.5. The second-order valence-corrected chi connectivity index (χ2v) is 12.5. The van der Waals surface area contributed by atoms with E-state index in [-0.39, 0.29) is 16.9 Å². The molecule has 0 amide bonds. The molecule has 0 bridgehead atoms. The third-order valence-corrected chi connectivity index (χ3v) is 9.93. The lowest BCUT2D eigenvalue weighted by Gasteiger charge is -2.42. The van der Waals surface area contributed by atoms with Crippen LogP contribution >= 0.6 is 11.8 Å². The Morgan fingerprint density at radius 1 is 1.26 bits per heavy atom. The highest BCUT2D eigenvalue weighted by Gasteiger charge is 2.51. The number of fused-ring (bicyclic) bond motifs is 1. The largest absolute Gasteiger partial charge is 0.476 e. The number of unbranched alkanes of at least 4 members (excludes halogenated alkanes) is 1. The minimum absolute atomic E-state index is 0.0277. The first-order valence-electron chi connectivity index (χ1n) is 11.3. The Morgan fingerprint density at radius 3 is 2.56 bits per heavy atom. The van der Waals surface area contributed by atoms with Crippen LogP contribution in [0.1, 0.15) is 39.5 Å². The molecule has 0 saturated carbocycles. The molecule has 0 unspecified atom stereocenters. The summed E-state index contributed by atoms with van der Waals surface area (Å²) in [6.45, 7) is 4.50. The monoisotopic (exact) mass is 509 g/mol. The van der Waals surface area contributed by atoms with Crippen LogP contribution in [0.4, 0.5) is 15.8 Å². The summed E-state index contributed by atoms with van der Waals surface area (Å²) in [5, 5.41) is 8.95. The molecule has 0 aromatic heterocycles. The van der Waals surface area contributed by atoms with Gasteiger partial charge in [-0.1, -0.05) is 44.9 Å². The summed E-state index contributed by atoms with van der Waals surface area (Å²) in [6.07, 6.45) is 5.17. The van der Waals surface area contributed by atoms with E-state index in [0.717, 1.165) is 23.4 Å². The van der Waals surface area contributed by atoms with Gasteiger partial charge in [-0.15, -0.1) is 11.8 Å². The van der Waals surface area contributed by atoms with Gasteiger partial charge in [0, 0.05) is 22.5 Å². The van der Waals surface area contributed by atoms with Gasteiger partial charge >= 0.3 is 5.97 Å². The zero-order chi connectivity index (χ0) is 25.0. The predicted octanol–water partition coefficient (Wildman–Crippen LogP) is 6.63. The van der Waals surface area contributed by atoms with Crippen LogP contribution in [-0.4, -0.2) is 38.4 Å². The molecule has 9 heteroatoms. The topological polar surface area (TPSA) is 87.1 Å². The van der Waals surface area contributed by atoms with Crippen molar-refractivity contribution in [3.05, 3.63) is 60.6 Å². The average molecular weight is 510 g/mol. The summed E-state index contributed by atoms with van der Waals surface area (Å²) < 4.78 is 45.7. The summed E-state index contributed by atoms with van der Waals surface area (Å²) in [4.78, 5) is 14.0. The van der Waals surface area contributed by atoms with E-state index in [0.29, 0.717) is 25.1 Å². The fraction of sp³-hybridized carbons (Fsp3) is 0.400. The first-order chi connectivity index (χ1) is 16.1. The smallest absolute Gasteiger partial charge is 0.368 e. The maximum absolute atomic E-state index is 14.6. The molecule has 0 saturated heterocycles. The third-order valence-electron chi connectivity index (χ3n) is 6.38. The van der Waals surface area contributed by atoms with Crippen molar-refractivity contribution >= 4 is 38.7 Å².